The minimum atomic E-state index is -4.64. The highest BCUT2D eigenvalue weighted by Crippen LogP contribution is 2.33. The lowest BCUT2D eigenvalue weighted by Crippen LogP contribution is -2.21. The van der Waals surface area contributed by atoms with Crippen LogP contribution in [-0.4, -0.2) is 32.2 Å². The number of alkyl halides is 3. The molecule has 1 aliphatic rings. The van der Waals surface area contributed by atoms with Crippen LogP contribution in [0.3, 0.4) is 0 Å². The van der Waals surface area contributed by atoms with E-state index >= 15 is 0 Å². The molecule has 1 amide bonds. The Labute approximate surface area is 199 Å². The maximum absolute atomic E-state index is 14.4. The largest absolute Gasteiger partial charge is 0.477 e. The van der Waals surface area contributed by atoms with Crippen molar-refractivity contribution in [2.24, 2.45) is 5.92 Å². The Morgan fingerprint density at radius 3 is 2.63 bits per heavy atom. The van der Waals surface area contributed by atoms with E-state index in [0.29, 0.717) is 0 Å². The zero-order valence-corrected chi connectivity index (χ0v) is 19.3. The highest BCUT2D eigenvalue weighted by atomic mass is 32.2. The van der Waals surface area contributed by atoms with E-state index in [1.54, 1.807) is 0 Å². The zero-order valence-electron chi connectivity index (χ0n) is 18.4. The highest BCUT2D eigenvalue weighted by Gasteiger charge is 2.33. The van der Waals surface area contributed by atoms with Crippen LogP contribution in [0.5, 0.6) is 5.88 Å². The Balaban J connectivity index is 1.70. The topological polar surface area (TPSA) is 97.4 Å². The molecule has 1 aliphatic carbocycles. The van der Waals surface area contributed by atoms with Gasteiger partial charge in [-0.2, -0.15) is 13.2 Å². The van der Waals surface area contributed by atoms with Crippen LogP contribution in [0.25, 0.3) is 6.08 Å². The molecule has 1 saturated carbocycles. The number of terminal acetylenes is 1. The standard InChI is InChI=1S/C23H21F4N3O4S/c1-3-16-10-15(11-18(24)21(16)30-35(2,32)33)12-28-20(31)9-7-17-6-8-19(23(25,26)27)29-22(17)34-13-14-4-5-14/h1,6-11,14,30H,4-5,12-13H2,2H3,(H,28,31). The van der Waals surface area contributed by atoms with E-state index in [2.05, 4.69) is 16.2 Å². The summed E-state index contributed by atoms with van der Waals surface area (Å²) in [5, 5.41) is 2.49. The fourth-order valence-corrected chi connectivity index (χ4v) is 3.49. The van der Waals surface area contributed by atoms with Gasteiger partial charge in [-0.05, 0) is 54.7 Å². The van der Waals surface area contributed by atoms with Gasteiger partial charge >= 0.3 is 6.18 Å². The molecule has 186 valence electrons. The number of rotatable bonds is 9. The Hall–Kier alpha value is -3.59. The first kappa shape index (κ1) is 26.0. The van der Waals surface area contributed by atoms with Gasteiger partial charge < -0.3 is 10.1 Å². The van der Waals surface area contributed by atoms with Crippen molar-refractivity contribution in [2.75, 3.05) is 17.6 Å². The fourth-order valence-electron chi connectivity index (χ4n) is 2.91. The second-order valence-electron chi connectivity index (χ2n) is 7.91. The van der Waals surface area contributed by atoms with Gasteiger partial charge in [-0.3, -0.25) is 9.52 Å². The average molecular weight is 511 g/mol. The number of carbonyl (C=O) groups is 1. The summed E-state index contributed by atoms with van der Waals surface area (Å²) < 4.78 is 83.6. The Bertz CT molecular complexity index is 1300. The summed E-state index contributed by atoms with van der Waals surface area (Å²) in [4.78, 5) is 15.8. The van der Waals surface area contributed by atoms with E-state index < -0.39 is 33.6 Å². The van der Waals surface area contributed by atoms with E-state index in [-0.39, 0.29) is 47.3 Å². The third-order valence-electron chi connectivity index (χ3n) is 4.81. The molecule has 2 aromatic rings. The molecule has 0 spiro atoms. The summed E-state index contributed by atoms with van der Waals surface area (Å²) in [6.07, 6.45) is 5.74. The average Bonchev–Trinajstić information content (AvgIpc) is 3.59. The number of anilines is 1. The predicted octanol–water partition coefficient (Wildman–Crippen LogP) is 3.71. The Morgan fingerprint density at radius 1 is 1.31 bits per heavy atom. The smallest absolute Gasteiger partial charge is 0.433 e. The first-order chi connectivity index (χ1) is 16.4. The molecule has 0 unspecified atom stereocenters. The van der Waals surface area contributed by atoms with Crippen molar-refractivity contribution in [2.45, 2.75) is 25.6 Å². The lowest BCUT2D eigenvalue weighted by molar-refractivity contribution is -0.141. The van der Waals surface area contributed by atoms with E-state index in [1.807, 2.05) is 4.72 Å². The predicted molar refractivity (Wildman–Crippen MR) is 121 cm³/mol. The van der Waals surface area contributed by atoms with Gasteiger partial charge in [0, 0.05) is 18.2 Å². The van der Waals surface area contributed by atoms with Gasteiger partial charge in [0.25, 0.3) is 0 Å². The number of hydrogen-bond acceptors (Lipinski definition) is 5. The molecule has 0 saturated heterocycles. The van der Waals surface area contributed by atoms with Crippen molar-refractivity contribution in [1.29, 1.82) is 0 Å². The van der Waals surface area contributed by atoms with Crippen LogP contribution in [-0.2, 0) is 27.5 Å². The lowest BCUT2D eigenvalue weighted by Gasteiger charge is -2.12. The first-order valence-electron chi connectivity index (χ1n) is 10.3. The van der Waals surface area contributed by atoms with Gasteiger partial charge in [0.05, 0.1) is 24.1 Å². The summed E-state index contributed by atoms with van der Waals surface area (Å²) >= 11 is 0. The van der Waals surface area contributed by atoms with Gasteiger partial charge in [-0.25, -0.2) is 17.8 Å². The molecule has 0 aliphatic heterocycles. The first-order valence-corrected chi connectivity index (χ1v) is 12.2. The van der Waals surface area contributed by atoms with Crippen LogP contribution in [0, 0.1) is 24.1 Å². The third-order valence-corrected chi connectivity index (χ3v) is 5.38. The third kappa shape index (κ3) is 7.71. The number of nitrogens with zero attached hydrogens (tertiary/aromatic N) is 1. The highest BCUT2D eigenvalue weighted by molar-refractivity contribution is 7.92. The lowest BCUT2D eigenvalue weighted by atomic mass is 10.1. The SMILES string of the molecule is C#Cc1cc(CNC(=O)C=Cc2ccc(C(F)(F)F)nc2OCC2CC2)cc(F)c1NS(C)(=O)=O. The second kappa shape index (κ2) is 10.4. The Morgan fingerprint density at radius 2 is 2.03 bits per heavy atom. The van der Waals surface area contributed by atoms with Crippen molar-refractivity contribution >= 4 is 27.7 Å². The summed E-state index contributed by atoms with van der Waals surface area (Å²) in [6, 6.07) is 4.30. The van der Waals surface area contributed by atoms with Crippen LogP contribution in [0.15, 0.2) is 30.3 Å². The maximum Gasteiger partial charge on any atom is 0.433 e. The molecule has 0 radical (unpaired) electrons. The summed E-state index contributed by atoms with van der Waals surface area (Å²) in [6.45, 7) is 0.0822. The molecular weight excluding hydrogens is 490 g/mol. The number of sulfonamides is 1. The summed E-state index contributed by atoms with van der Waals surface area (Å²) in [7, 11) is -3.77. The van der Waals surface area contributed by atoms with Crippen LogP contribution in [0.2, 0.25) is 0 Å². The molecular formula is C23H21F4N3O4S. The molecule has 2 N–H and O–H groups in total. The Kier molecular flexibility index (Phi) is 7.70. The van der Waals surface area contributed by atoms with Gasteiger partial charge in [0.2, 0.25) is 21.8 Å². The second-order valence-corrected chi connectivity index (χ2v) is 9.66. The summed E-state index contributed by atoms with van der Waals surface area (Å²) in [5.74, 6) is 0.687. The van der Waals surface area contributed by atoms with Crippen LogP contribution in [0.4, 0.5) is 23.2 Å². The van der Waals surface area contributed by atoms with Crippen LogP contribution < -0.4 is 14.8 Å². The van der Waals surface area contributed by atoms with E-state index in [0.717, 1.165) is 43.4 Å². The quantitative estimate of drug-likeness (QED) is 0.304. The van der Waals surface area contributed by atoms with Gasteiger partial charge in [-0.15, -0.1) is 6.42 Å². The molecule has 1 aromatic heterocycles. The van der Waals surface area contributed by atoms with Crippen molar-refractivity contribution in [3.63, 3.8) is 0 Å². The summed E-state index contributed by atoms with van der Waals surface area (Å²) in [5.41, 5.74) is -1.08. The maximum atomic E-state index is 14.4. The molecule has 7 nitrogen and oxygen atoms in total. The number of aromatic nitrogens is 1. The zero-order chi connectivity index (χ0) is 25.8. The molecule has 0 atom stereocenters. The van der Waals surface area contributed by atoms with Crippen molar-refractivity contribution in [3.8, 4) is 18.2 Å². The number of nitrogens with one attached hydrogen (secondary N) is 2. The number of benzene rings is 1. The van der Waals surface area contributed by atoms with Crippen molar-refractivity contribution in [1.82, 2.24) is 10.3 Å². The molecule has 3 rings (SSSR count). The number of hydrogen-bond donors (Lipinski definition) is 2. The minimum absolute atomic E-state index is 0.0523. The molecule has 35 heavy (non-hydrogen) atoms. The van der Waals surface area contributed by atoms with E-state index in [4.69, 9.17) is 11.2 Å². The van der Waals surface area contributed by atoms with E-state index in [1.165, 1.54) is 12.1 Å². The number of ether oxygens (including phenoxy) is 1. The number of pyridine rings is 1. The van der Waals surface area contributed by atoms with Crippen molar-refractivity contribution < 1.29 is 35.5 Å². The van der Waals surface area contributed by atoms with Gasteiger partial charge in [0.15, 0.2) is 0 Å². The normalized spacial score (nSPS) is 13.9. The molecule has 1 fully saturated rings. The van der Waals surface area contributed by atoms with Gasteiger partial charge in [0.1, 0.15) is 11.5 Å². The minimum Gasteiger partial charge on any atom is -0.477 e. The van der Waals surface area contributed by atoms with Gasteiger partial charge in [-0.1, -0.05) is 5.92 Å². The molecule has 1 heterocycles. The molecule has 1 aromatic carbocycles. The van der Waals surface area contributed by atoms with Crippen LogP contribution in [0.1, 0.15) is 35.2 Å². The van der Waals surface area contributed by atoms with E-state index in [9.17, 15) is 30.8 Å². The van der Waals surface area contributed by atoms with Crippen LogP contribution >= 0.6 is 0 Å². The number of carbonyl (C=O) groups excluding carboxylic acids is 1. The molecule has 12 heteroatoms. The van der Waals surface area contributed by atoms with Crippen molar-refractivity contribution in [3.05, 3.63) is 58.5 Å². The fraction of sp³-hybridized carbons (Fsp3) is 0.304. The number of halogens is 4. The monoisotopic (exact) mass is 511 g/mol. The molecule has 0 bridgehead atoms. The number of amides is 1.